The number of aromatic nitrogens is 1. The number of nitrogens with zero attached hydrogens (tertiary/aromatic N) is 1. The number of hydrogen-bond donors (Lipinski definition) is 2. The average Bonchev–Trinajstić information content (AvgIpc) is 3.14. The van der Waals surface area contributed by atoms with Crippen LogP contribution in [0.5, 0.6) is 0 Å². The Bertz CT molecular complexity index is 663. The van der Waals surface area contributed by atoms with Crippen LogP contribution in [0.4, 0.5) is 4.79 Å². The molecule has 1 aliphatic rings. The number of amides is 2. The standard InChI is InChI=1S/C20H25N3O2/c1-2-18(15-8-11-21-12-9-15)23-20(24)22-14-17-10-13-25-19(17)16-6-4-3-5-7-16/h3-9,11-12,17-19H,2,10,13-14H2,1H3,(H2,22,23,24)/t17-,18+,19-/m1/s1. The molecular weight excluding hydrogens is 314 g/mol. The summed E-state index contributed by atoms with van der Waals surface area (Å²) >= 11 is 0. The minimum Gasteiger partial charge on any atom is -0.373 e. The molecule has 0 radical (unpaired) electrons. The molecule has 1 saturated heterocycles. The van der Waals surface area contributed by atoms with Gasteiger partial charge in [-0.2, -0.15) is 0 Å². The molecular formula is C20H25N3O2. The van der Waals surface area contributed by atoms with Crippen LogP contribution in [0.25, 0.3) is 0 Å². The van der Waals surface area contributed by atoms with E-state index in [1.165, 1.54) is 5.56 Å². The van der Waals surface area contributed by atoms with Crippen molar-refractivity contribution in [3.8, 4) is 0 Å². The van der Waals surface area contributed by atoms with Crippen molar-refractivity contribution in [2.75, 3.05) is 13.2 Å². The summed E-state index contributed by atoms with van der Waals surface area (Å²) in [6, 6.07) is 13.9. The average molecular weight is 339 g/mol. The Kier molecular flexibility index (Phi) is 6.01. The first-order valence-corrected chi connectivity index (χ1v) is 8.88. The van der Waals surface area contributed by atoms with Gasteiger partial charge in [0.2, 0.25) is 0 Å². The number of carbonyl (C=O) groups excluding carboxylic acids is 1. The third-order valence-electron chi connectivity index (χ3n) is 4.69. The van der Waals surface area contributed by atoms with E-state index in [-0.39, 0.29) is 18.2 Å². The quantitative estimate of drug-likeness (QED) is 0.845. The molecule has 1 fully saturated rings. The van der Waals surface area contributed by atoms with E-state index in [1.54, 1.807) is 12.4 Å². The lowest BCUT2D eigenvalue weighted by Gasteiger charge is -2.21. The Morgan fingerprint density at radius 1 is 1.24 bits per heavy atom. The third-order valence-corrected chi connectivity index (χ3v) is 4.69. The summed E-state index contributed by atoms with van der Waals surface area (Å²) < 4.78 is 5.88. The zero-order valence-corrected chi connectivity index (χ0v) is 14.5. The summed E-state index contributed by atoms with van der Waals surface area (Å²) in [6.07, 6.45) is 5.34. The molecule has 0 unspecified atom stereocenters. The van der Waals surface area contributed by atoms with Gasteiger partial charge < -0.3 is 15.4 Å². The van der Waals surface area contributed by atoms with Crippen molar-refractivity contribution >= 4 is 6.03 Å². The van der Waals surface area contributed by atoms with Gasteiger partial charge >= 0.3 is 6.03 Å². The first kappa shape index (κ1) is 17.4. The first-order chi connectivity index (χ1) is 12.3. The molecule has 0 spiro atoms. The maximum absolute atomic E-state index is 12.3. The SMILES string of the molecule is CC[C@H](NC(=O)NC[C@H]1CCO[C@@H]1c1ccccc1)c1ccncc1. The van der Waals surface area contributed by atoms with Crippen molar-refractivity contribution < 1.29 is 9.53 Å². The lowest BCUT2D eigenvalue weighted by molar-refractivity contribution is 0.0909. The number of urea groups is 1. The van der Waals surface area contributed by atoms with Gasteiger partial charge in [0, 0.05) is 31.5 Å². The van der Waals surface area contributed by atoms with E-state index in [0.717, 1.165) is 25.0 Å². The summed E-state index contributed by atoms with van der Waals surface area (Å²) in [5.41, 5.74) is 2.24. The summed E-state index contributed by atoms with van der Waals surface area (Å²) in [5.74, 6) is 0.300. The fourth-order valence-electron chi connectivity index (χ4n) is 3.30. The van der Waals surface area contributed by atoms with Gasteiger partial charge in [0.25, 0.3) is 0 Å². The maximum atomic E-state index is 12.3. The van der Waals surface area contributed by atoms with E-state index in [9.17, 15) is 4.79 Å². The molecule has 1 aliphatic heterocycles. The Labute approximate surface area is 148 Å². The molecule has 1 aromatic carbocycles. The van der Waals surface area contributed by atoms with Crippen molar-refractivity contribution in [1.29, 1.82) is 0 Å². The Morgan fingerprint density at radius 3 is 2.72 bits per heavy atom. The van der Waals surface area contributed by atoms with Crippen LogP contribution in [0.1, 0.15) is 43.0 Å². The van der Waals surface area contributed by atoms with Gasteiger partial charge in [-0.05, 0) is 36.1 Å². The molecule has 2 amide bonds. The molecule has 0 saturated carbocycles. The maximum Gasteiger partial charge on any atom is 0.315 e. The second kappa shape index (κ2) is 8.62. The normalized spacial score (nSPS) is 20.8. The monoisotopic (exact) mass is 339 g/mol. The fourth-order valence-corrected chi connectivity index (χ4v) is 3.30. The Hall–Kier alpha value is -2.40. The number of pyridine rings is 1. The van der Waals surface area contributed by atoms with Crippen molar-refractivity contribution in [1.82, 2.24) is 15.6 Å². The molecule has 132 valence electrons. The molecule has 1 aromatic heterocycles. The molecule has 2 heterocycles. The summed E-state index contributed by atoms with van der Waals surface area (Å²) in [6.45, 7) is 3.40. The van der Waals surface area contributed by atoms with E-state index >= 15 is 0 Å². The van der Waals surface area contributed by atoms with Crippen LogP contribution in [-0.4, -0.2) is 24.2 Å². The van der Waals surface area contributed by atoms with Crippen molar-refractivity contribution in [3.05, 3.63) is 66.0 Å². The zero-order valence-electron chi connectivity index (χ0n) is 14.5. The van der Waals surface area contributed by atoms with Gasteiger partial charge in [-0.3, -0.25) is 4.98 Å². The van der Waals surface area contributed by atoms with Gasteiger partial charge in [-0.15, -0.1) is 0 Å². The van der Waals surface area contributed by atoms with Gasteiger partial charge in [0.05, 0.1) is 12.1 Å². The van der Waals surface area contributed by atoms with Gasteiger partial charge in [0.1, 0.15) is 0 Å². The van der Waals surface area contributed by atoms with Crippen molar-refractivity contribution in [2.45, 2.75) is 31.9 Å². The minimum absolute atomic E-state index is 0.00671. The van der Waals surface area contributed by atoms with Crippen molar-refractivity contribution in [2.24, 2.45) is 5.92 Å². The van der Waals surface area contributed by atoms with Crippen LogP contribution in [0.3, 0.4) is 0 Å². The third kappa shape index (κ3) is 4.57. The summed E-state index contributed by atoms with van der Waals surface area (Å²) in [7, 11) is 0. The van der Waals surface area contributed by atoms with E-state index in [2.05, 4.69) is 34.7 Å². The highest BCUT2D eigenvalue weighted by molar-refractivity contribution is 5.74. The molecule has 3 atom stereocenters. The molecule has 25 heavy (non-hydrogen) atoms. The van der Waals surface area contributed by atoms with E-state index in [4.69, 9.17) is 4.74 Å². The molecule has 2 N–H and O–H groups in total. The van der Waals surface area contributed by atoms with Gasteiger partial charge in [-0.25, -0.2) is 4.79 Å². The van der Waals surface area contributed by atoms with Crippen molar-refractivity contribution in [3.63, 3.8) is 0 Å². The Balaban J connectivity index is 1.53. The van der Waals surface area contributed by atoms with E-state index in [0.29, 0.717) is 12.5 Å². The van der Waals surface area contributed by atoms with Gasteiger partial charge in [0.15, 0.2) is 0 Å². The number of ether oxygens (including phenoxy) is 1. The molecule has 3 rings (SSSR count). The minimum atomic E-state index is -0.137. The molecule has 0 aliphatic carbocycles. The predicted octanol–water partition coefficient (Wildman–Crippen LogP) is 3.61. The van der Waals surface area contributed by atoms with E-state index in [1.807, 2.05) is 30.3 Å². The highest BCUT2D eigenvalue weighted by Gasteiger charge is 2.29. The fraction of sp³-hybridized carbons (Fsp3) is 0.400. The first-order valence-electron chi connectivity index (χ1n) is 8.88. The van der Waals surface area contributed by atoms with Crippen LogP contribution >= 0.6 is 0 Å². The van der Waals surface area contributed by atoms with Crippen LogP contribution in [0, 0.1) is 5.92 Å². The zero-order chi connectivity index (χ0) is 17.5. The number of rotatable bonds is 6. The second-order valence-corrected chi connectivity index (χ2v) is 6.35. The lowest BCUT2D eigenvalue weighted by atomic mass is 9.95. The van der Waals surface area contributed by atoms with Gasteiger partial charge in [-0.1, -0.05) is 37.3 Å². The summed E-state index contributed by atoms with van der Waals surface area (Å²) in [4.78, 5) is 16.3. The highest BCUT2D eigenvalue weighted by Crippen LogP contribution is 2.33. The van der Waals surface area contributed by atoms with Crippen LogP contribution in [0.15, 0.2) is 54.9 Å². The Morgan fingerprint density at radius 2 is 2.00 bits per heavy atom. The van der Waals surface area contributed by atoms with Crippen LogP contribution in [-0.2, 0) is 4.74 Å². The molecule has 5 heteroatoms. The van der Waals surface area contributed by atoms with Crippen LogP contribution < -0.4 is 10.6 Å². The largest absolute Gasteiger partial charge is 0.373 e. The topological polar surface area (TPSA) is 63.2 Å². The number of nitrogens with one attached hydrogen (secondary N) is 2. The highest BCUT2D eigenvalue weighted by atomic mass is 16.5. The predicted molar refractivity (Wildman–Crippen MR) is 97.0 cm³/mol. The second-order valence-electron chi connectivity index (χ2n) is 6.35. The molecule has 0 bridgehead atoms. The molecule has 5 nitrogen and oxygen atoms in total. The smallest absolute Gasteiger partial charge is 0.315 e. The molecule has 2 aromatic rings. The van der Waals surface area contributed by atoms with Crippen LogP contribution in [0.2, 0.25) is 0 Å². The summed E-state index contributed by atoms with van der Waals surface area (Å²) in [5, 5.41) is 6.06. The number of carbonyl (C=O) groups is 1. The number of benzene rings is 1. The van der Waals surface area contributed by atoms with E-state index < -0.39 is 0 Å². The lowest BCUT2D eigenvalue weighted by Crippen LogP contribution is -2.40. The number of hydrogen-bond acceptors (Lipinski definition) is 3.